The maximum absolute atomic E-state index is 11.3. The van der Waals surface area contributed by atoms with Crippen LogP contribution in [0.25, 0.3) is 0 Å². The van der Waals surface area contributed by atoms with Crippen molar-refractivity contribution in [2.45, 2.75) is 30.9 Å². The van der Waals surface area contributed by atoms with E-state index >= 15 is 0 Å². The number of benzene rings is 1. The van der Waals surface area contributed by atoms with Gasteiger partial charge in [0, 0.05) is 11.3 Å². The Morgan fingerprint density at radius 2 is 2.25 bits per heavy atom. The third-order valence-electron chi connectivity index (χ3n) is 3.48. The van der Waals surface area contributed by atoms with Gasteiger partial charge in [-0.25, -0.2) is 0 Å². The molecule has 0 spiro atoms. The van der Waals surface area contributed by atoms with Gasteiger partial charge in [-0.2, -0.15) is 11.8 Å². The monoisotopic (exact) mass is 296 g/mol. The zero-order chi connectivity index (χ0) is 14.6. The first kappa shape index (κ1) is 15.0. The molecule has 6 heteroatoms. The second-order valence-electron chi connectivity index (χ2n) is 5.00. The third-order valence-corrected chi connectivity index (χ3v) is 4.90. The Kier molecular flexibility index (Phi) is 4.75. The molecular formula is C14H20N2O3S. The summed E-state index contributed by atoms with van der Waals surface area (Å²) < 4.78 is 5.73. The summed E-state index contributed by atoms with van der Waals surface area (Å²) in [6.45, 7) is 3.22. The molecule has 0 bridgehead atoms. The fourth-order valence-corrected chi connectivity index (χ4v) is 2.76. The smallest absolute Gasteiger partial charge is 0.333 e. The van der Waals surface area contributed by atoms with E-state index in [-0.39, 0.29) is 15.4 Å². The quantitative estimate of drug-likeness (QED) is 0.585. The number of rotatable bonds is 8. The molecule has 1 aromatic carbocycles. The molecule has 0 atom stereocenters. The summed E-state index contributed by atoms with van der Waals surface area (Å²) in [6.07, 6.45) is 5.25. The highest BCUT2D eigenvalue weighted by molar-refractivity contribution is 8.00. The van der Waals surface area contributed by atoms with Gasteiger partial charge >= 0.3 is 5.69 Å². The largest absolute Gasteiger partial charge is 0.487 e. The van der Waals surface area contributed by atoms with Crippen LogP contribution in [0.2, 0.25) is 0 Å². The molecule has 0 radical (unpaired) electrons. The van der Waals surface area contributed by atoms with Crippen molar-refractivity contribution in [3.05, 3.63) is 28.3 Å². The van der Waals surface area contributed by atoms with Gasteiger partial charge in [-0.05, 0) is 37.7 Å². The molecule has 110 valence electrons. The van der Waals surface area contributed by atoms with Crippen LogP contribution in [0.5, 0.6) is 5.75 Å². The molecule has 2 rings (SSSR count). The third kappa shape index (κ3) is 3.36. The molecule has 20 heavy (non-hydrogen) atoms. The minimum absolute atomic E-state index is 0.0397. The fourth-order valence-electron chi connectivity index (χ4n) is 2.03. The second-order valence-corrected chi connectivity index (χ2v) is 6.27. The standard InChI is InChI=1S/C14H20N2O3S/c1-3-9-19-12-6-4-5-11(13(12)16(17)18)15-10-14(20-2)7-8-14/h4-6,15H,3,7-10H2,1-2H3. The van der Waals surface area contributed by atoms with E-state index in [1.54, 1.807) is 18.2 Å². The number of hydrogen-bond donors (Lipinski definition) is 1. The molecule has 1 aliphatic rings. The minimum atomic E-state index is -0.369. The van der Waals surface area contributed by atoms with Gasteiger partial charge in [0.15, 0.2) is 5.75 Å². The zero-order valence-electron chi connectivity index (χ0n) is 11.8. The van der Waals surface area contributed by atoms with Crippen molar-refractivity contribution in [2.75, 3.05) is 24.7 Å². The van der Waals surface area contributed by atoms with E-state index in [4.69, 9.17) is 4.74 Å². The van der Waals surface area contributed by atoms with Crippen molar-refractivity contribution in [3.8, 4) is 5.75 Å². The van der Waals surface area contributed by atoms with Crippen LogP contribution in [0.15, 0.2) is 18.2 Å². The van der Waals surface area contributed by atoms with E-state index in [9.17, 15) is 10.1 Å². The molecule has 0 heterocycles. The van der Waals surface area contributed by atoms with Crippen LogP contribution in [0, 0.1) is 10.1 Å². The summed E-state index contributed by atoms with van der Waals surface area (Å²) in [5.74, 6) is 0.343. The number of nitrogens with zero attached hydrogens (tertiary/aromatic N) is 1. The maximum Gasteiger partial charge on any atom is 0.333 e. The van der Waals surface area contributed by atoms with Crippen LogP contribution in [0.4, 0.5) is 11.4 Å². The van der Waals surface area contributed by atoms with Gasteiger partial charge in [0.05, 0.1) is 11.5 Å². The van der Waals surface area contributed by atoms with Gasteiger partial charge in [0.1, 0.15) is 5.69 Å². The van der Waals surface area contributed by atoms with Crippen molar-refractivity contribution in [1.29, 1.82) is 0 Å². The summed E-state index contributed by atoms with van der Waals surface area (Å²) in [7, 11) is 0. The number of nitro groups is 1. The van der Waals surface area contributed by atoms with E-state index in [0.717, 1.165) is 13.0 Å². The molecule has 1 aliphatic carbocycles. The molecule has 0 unspecified atom stereocenters. The Labute approximate surface area is 123 Å². The number of para-hydroxylation sites is 1. The van der Waals surface area contributed by atoms with Crippen LogP contribution in [-0.2, 0) is 0 Å². The molecular weight excluding hydrogens is 276 g/mol. The lowest BCUT2D eigenvalue weighted by molar-refractivity contribution is -0.385. The maximum atomic E-state index is 11.3. The zero-order valence-corrected chi connectivity index (χ0v) is 12.7. The number of anilines is 1. The lowest BCUT2D eigenvalue weighted by Crippen LogP contribution is -2.18. The van der Waals surface area contributed by atoms with Crippen molar-refractivity contribution in [1.82, 2.24) is 0 Å². The van der Waals surface area contributed by atoms with Crippen LogP contribution in [-0.4, -0.2) is 29.1 Å². The van der Waals surface area contributed by atoms with Gasteiger partial charge in [-0.15, -0.1) is 0 Å². The van der Waals surface area contributed by atoms with E-state index in [2.05, 4.69) is 11.6 Å². The number of ether oxygens (including phenoxy) is 1. The fraction of sp³-hybridized carbons (Fsp3) is 0.571. The molecule has 0 saturated heterocycles. The predicted octanol–water partition coefficient (Wildman–Crippen LogP) is 3.69. The van der Waals surface area contributed by atoms with Crippen molar-refractivity contribution >= 4 is 23.1 Å². The lowest BCUT2D eigenvalue weighted by atomic mass is 10.2. The Balaban J connectivity index is 2.16. The van der Waals surface area contributed by atoms with Crippen molar-refractivity contribution in [3.63, 3.8) is 0 Å². The predicted molar refractivity (Wildman–Crippen MR) is 82.9 cm³/mol. The Hall–Kier alpha value is -1.43. The van der Waals surface area contributed by atoms with Gasteiger partial charge in [0.25, 0.3) is 0 Å². The minimum Gasteiger partial charge on any atom is -0.487 e. The Bertz CT molecular complexity index is 489. The summed E-state index contributed by atoms with van der Waals surface area (Å²) >= 11 is 1.83. The molecule has 0 aromatic heterocycles. The highest BCUT2D eigenvalue weighted by atomic mass is 32.2. The van der Waals surface area contributed by atoms with E-state index in [1.165, 1.54) is 12.8 Å². The highest BCUT2D eigenvalue weighted by Crippen LogP contribution is 2.47. The Morgan fingerprint density at radius 3 is 2.80 bits per heavy atom. The summed E-state index contributed by atoms with van der Waals surface area (Å²) in [6, 6.07) is 5.19. The normalized spacial score (nSPS) is 15.7. The van der Waals surface area contributed by atoms with Crippen molar-refractivity contribution < 1.29 is 9.66 Å². The SMILES string of the molecule is CCCOc1cccc(NCC2(SC)CC2)c1[N+](=O)[O-]. The van der Waals surface area contributed by atoms with Crippen molar-refractivity contribution in [2.24, 2.45) is 0 Å². The van der Waals surface area contributed by atoms with Crippen LogP contribution in [0.1, 0.15) is 26.2 Å². The van der Waals surface area contributed by atoms with Gasteiger partial charge in [-0.3, -0.25) is 10.1 Å². The van der Waals surface area contributed by atoms with Gasteiger partial charge in [0.2, 0.25) is 0 Å². The average Bonchev–Trinajstić information content (AvgIpc) is 3.23. The highest BCUT2D eigenvalue weighted by Gasteiger charge is 2.42. The molecule has 1 fully saturated rings. The van der Waals surface area contributed by atoms with Crippen LogP contribution >= 0.6 is 11.8 Å². The van der Waals surface area contributed by atoms with Crippen LogP contribution in [0.3, 0.4) is 0 Å². The number of thioether (sulfide) groups is 1. The Morgan fingerprint density at radius 1 is 1.50 bits per heavy atom. The topological polar surface area (TPSA) is 64.4 Å². The molecule has 0 aliphatic heterocycles. The molecule has 1 aromatic rings. The first-order valence-corrected chi connectivity index (χ1v) is 8.03. The van der Waals surface area contributed by atoms with Crippen LogP contribution < -0.4 is 10.1 Å². The summed E-state index contributed by atoms with van der Waals surface area (Å²) in [4.78, 5) is 10.9. The molecule has 1 N–H and O–H groups in total. The van der Waals surface area contributed by atoms with Gasteiger partial charge < -0.3 is 10.1 Å². The number of nitro benzene ring substituents is 1. The first-order chi connectivity index (χ1) is 9.62. The summed E-state index contributed by atoms with van der Waals surface area (Å²) in [5.41, 5.74) is 0.585. The second kappa shape index (κ2) is 6.35. The number of nitrogens with one attached hydrogen (secondary N) is 1. The van der Waals surface area contributed by atoms with E-state index in [1.807, 2.05) is 18.7 Å². The summed E-state index contributed by atoms with van der Waals surface area (Å²) in [5, 5.41) is 14.5. The van der Waals surface area contributed by atoms with E-state index in [0.29, 0.717) is 18.0 Å². The molecule has 0 amide bonds. The average molecular weight is 296 g/mol. The number of hydrogen-bond acceptors (Lipinski definition) is 5. The van der Waals surface area contributed by atoms with Gasteiger partial charge in [-0.1, -0.05) is 13.0 Å². The molecule has 1 saturated carbocycles. The molecule has 5 nitrogen and oxygen atoms in total. The lowest BCUT2D eigenvalue weighted by Gasteiger charge is -2.15. The van der Waals surface area contributed by atoms with E-state index < -0.39 is 0 Å². The first-order valence-electron chi connectivity index (χ1n) is 6.81.